The summed E-state index contributed by atoms with van der Waals surface area (Å²) < 4.78 is 4.68. The van der Waals surface area contributed by atoms with Crippen molar-refractivity contribution >= 4 is 18.0 Å². The molecule has 0 unspecified atom stereocenters. The van der Waals surface area contributed by atoms with Gasteiger partial charge in [-0.25, -0.2) is 4.79 Å². The maximum atomic E-state index is 12.2. The van der Waals surface area contributed by atoms with Gasteiger partial charge in [-0.2, -0.15) is 0 Å². The Hall–Kier alpha value is -2.92. The lowest BCUT2D eigenvalue weighted by Crippen LogP contribution is -2.23. The first-order valence-electron chi connectivity index (χ1n) is 9.59. The highest BCUT2D eigenvalue weighted by Gasteiger charge is 2.13. The van der Waals surface area contributed by atoms with Gasteiger partial charge in [0.05, 0.1) is 12.7 Å². The number of hydrogen-bond donors (Lipinski definition) is 1. The summed E-state index contributed by atoms with van der Waals surface area (Å²) in [5, 5.41) is 2.95. The molecule has 1 N–H and O–H groups in total. The number of ether oxygens (including phenoxy) is 1. The monoisotopic (exact) mass is 378 g/mol. The summed E-state index contributed by atoms with van der Waals surface area (Å²) in [6.45, 7) is 3.75. The van der Waals surface area contributed by atoms with E-state index in [2.05, 4.69) is 33.2 Å². The van der Waals surface area contributed by atoms with E-state index in [4.69, 9.17) is 0 Å². The second-order valence-corrected chi connectivity index (χ2v) is 6.92. The van der Waals surface area contributed by atoms with Gasteiger partial charge < -0.3 is 10.1 Å². The van der Waals surface area contributed by atoms with Crippen LogP contribution in [0.4, 0.5) is 0 Å². The summed E-state index contributed by atoms with van der Waals surface area (Å²) in [7, 11) is 1.35. The minimum absolute atomic E-state index is 0.145. The van der Waals surface area contributed by atoms with E-state index >= 15 is 0 Å². The standard InChI is InChI=1S/C23H26N2O3/c1-28-23(27)19-11-8-18(9-12-19)10-13-22(26)24-16-20-6-2-3-7-21(20)17-25-14-4-5-15-25/h2-3,6-13H,4-5,14-17H2,1H3,(H,24,26)/b13-10+. The predicted molar refractivity (Wildman–Crippen MR) is 110 cm³/mol. The molecule has 3 rings (SSSR count). The molecule has 5 heteroatoms. The molecule has 2 aromatic carbocycles. The molecule has 1 aliphatic heterocycles. The van der Waals surface area contributed by atoms with Crippen molar-refractivity contribution in [2.24, 2.45) is 0 Å². The van der Waals surface area contributed by atoms with Crippen LogP contribution in [0.5, 0.6) is 0 Å². The van der Waals surface area contributed by atoms with Crippen molar-refractivity contribution < 1.29 is 14.3 Å². The van der Waals surface area contributed by atoms with Gasteiger partial charge in [-0.05, 0) is 60.8 Å². The molecule has 146 valence electrons. The Morgan fingerprint density at radius 2 is 1.71 bits per heavy atom. The van der Waals surface area contributed by atoms with Gasteiger partial charge in [0.1, 0.15) is 0 Å². The number of nitrogens with one attached hydrogen (secondary N) is 1. The molecule has 0 spiro atoms. The molecule has 1 amide bonds. The predicted octanol–water partition coefficient (Wildman–Crippen LogP) is 3.40. The van der Waals surface area contributed by atoms with Gasteiger partial charge in [0.2, 0.25) is 5.91 Å². The minimum atomic E-state index is -0.374. The van der Waals surface area contributed by atoms with Crippen molar-refractivity contribution in [2.45, 2.75) is 25.9 Å². The fourth-order valence-corrected chi connectivity index (χ4v) is 3.33. The number of amides is 1. The third-order valence-corrected chi connectivity index (χ3v) is 4.92. The van der Waals surface area contributed by atoms with Crippen molar-refractivity contribution in [3.63, 3.8) is 0 Å². The van der Waals surface area contributed by atoms with Crippen LogP contribution < -0.4 is 5.32 Å². The molecule has 1 fully saturated rings. The number of carbonyl (C=O) groups excluding carboxylic acids is 2. The number of benzene rings is 2. The molecule has 28 heavy (non-hydrogen) atoms. The van der Waals surface area contributed by atoms with Gasteiger partial charge in [-0.1, -0.05) is 36.4 Å². The fourth-order valence-electron chi connectivity index (χ4n) is 3.33. The zero-order valence-corrected chi connectivity index (χ0v) is 16.2. The SMILES string of the molecule is COC(=O)c1ccc(/C=C/C(=O)NCc2ccccc2CN2CCCC2)cc1. The Morgan fingerprint density at radius 1 is 1.04 bits per heavy atom. The molecular formula is C23H26N2O3. The van der Waals surface area contributed by atoms with Crippen LogP contribution in [0.3, 0.4) is 0 Å². The first-order valence-corrected chi connectivity index (χ1v) is 9.59. The van der Waals surface area contributed by atoms with Crippen LogP contribution in [0.1, 0.15) is 39.9 Å². The van der Waals surface area contributed by atoms with E-state index in [1.54, 1.807) is 30.3 Å². The van der Waals surface area contributed by atoms with Crippen molar-refractivity contribution in [2.75, 3.05) is 20.2 Å². The molecule has 5 nitrogen and oxygen atoms in total. The van der Waals surface area contributed by atoms with Crippen molar-refractivity contribution in [3.05, 3.63) is 76.9 Å². The summed E-state index contributed by atoms with van der Waals surface area (Å²) in [5.74, 6) is -0.520. The summed E-state index contributed by atoms with van der Waals surface area (Å²) in [5.41, 5.74) is 3.75. The van der Waals surface area contributed by atoms with Gasteiger partial charge >= 0.3 is 5.97 Å². The van der Waals surface area contributed by atoms with Crippen LogP contribution >= 0.6 is 0 Å². The molecule has 0 saturated carbocycles. The molecular weight excluding hydrogens is 352 g/mol. The highest BCUT2D eigenvalue weighted by atomic mass is 16.5. The Kier molecular flexibility index (Phi) is 6.98. The first kappa shape index (κ1) is 19.8. The van der Waals surface area contributed by atoms with E-state index < -0.39 is 0 Å². The average molecular weight is 378 g/mol. The van der Waals surface area contributed by atoms with Crippen molar-refractivity contribution in [3.8, 4) is 0 Å². The molecule has 0 bridgehead atoms. The van der Waals surface area contributed by atoms with E-state index in [0.717, 1.165) is 30.8 Å². The number of likely N-dealkylation sites (tertiary alicyclic amines) is 1. The Balaban J connectivity index is 1.54. The third kappa shape index (κ3) is 5.54. The third-order valence-electron chi connectivity index (χ3n) is 4.92. The van der Waals surface area contributed by atoms with Crippen LogP contribution in [0.25, 0.3) is 6.08 Å². The second-order valence-electron chi connectivity index (χ2n) is 6.92. The Labute approximate surface area is 166 Å². The average Bonchev–Trinajstić information content (AvgIpc) is 3.24. The van der Waals surface area contributed by atoms with Crippen LogP contribution in [0.2, 0.25) is 0 Å². The molecule has 2 aromatic rings. The largest absolute Gasteiger partial charge is 0.465 e. The maximum Gasteiger partial charge on any atom is 0.337 e. The van der Waals surface area contributed by atoms with Crippen LogP contribution in [-0.2, 0) is 22.6 Å². The van der Waals surface area contributed by atoms with Crippen molar-refractivity contribution in [1.29, 1.82) is 0 Å². The quantitative estimate of drug-likeness (QED) is 0.593. The second kappa shape index (κ2) is 9.85. The van der Waals surface area contributed by atoms with E-state index in [-0.39, 0.29) is 11.9 Å². The molecule has 0 radical (unpaired) electrons. The fraction of sp³-hybridized carbons (Fsp3) is 0.304. The molecule has 1 heterocycles. The number of rotatable bonds is 7. The van der Waals surface area contributed by atoms with Crippen LogP contribution in [-0.4, -0.2) is 37.0 Å². The molecule has 1 saturated heterocycles. The van der Waals surface area contributed by atoms with E-state index in [9.17, 15) is 9.59 Å². The van der Waals surface area contributed by atoms with Gasteiger partial charge in [-0.3, -0.25) is 9.69 Å². The lowest BCUT2D eigenvalue weighted by Gasteiger charge is -2.17. The molecule has 1 aliphatic rings. The topological polar surface area (TPSA) is 58.6 Å². The van der Waals surface area contributed by atoms with Crippen LogP contribution in [0.15, 0.2) is 54.6 Å². The van der Waals surface area contributed by atoms with Gasteiger partial charge in [0.25, 0.3) is 0 Å². The zero-order chi connectivity index (χ0) is 19.8. The number of carbonyl (C=O) groups is 2. The van der Waals surface area contributed by atoms with Crippen molar-refractivity contribution in [1.82, 2.24) is 10.2 Å². The number of esters is 1. The van der Waals surface area contributed by atoms with Gasteiger partial charge in [-0.15, -0.1) is 0 Å². The normalized spacial score (nSPS) is 14.3. The lowest BCUT2D eigenvalue weighted by atomic mass is 10.1. The molecule has 0 aromatic heterocycles. The smallest absolute Gasteiger partial charge is 0.337 e. The van der Waals surface area contributed by atoms with E-state index in [1.807, 2.05) is 6.07 Å². The van der Waals surface area contributed by atoms with E-state index in [0.29, 0.717) is 12.1 Å². The number of nitrogens with zero attached hydrogens (tertiary/aromatic N) is 1. The summed E-state index contributed by atoms with van der Waals surface area (Å²) in [6.07, 6.45) is 5.78. The molecule has 0 atom stereocenters. The maximum absolute atomic E-state index is 12.2. The summed E-state index contributed by atoms with van der Waals surface area (Å²) in [4.78, 5) is 26.1. The minimum Gasteiger partial charge on any atom is -0.465 e. The Bertz CT molecular complexity index is 837. The van der Waals surface area contributed by atoms with E-state index in [1.165, 1.54) is 31.6 Å². The first-order chi connectivity index (χ1) is 13.7. The zero-order valence-electron chi connectivity index (χ0n) is 16.2. The summed E-state index contributed by atoms with van der Waals surface area (Å²) in [6, 6.07) is 15.2. The Morgan fingerprint density at radius 3 is 2.39 bits per heavy atom. The highest BCUT2D eigenvalue weighted by molar-refractivity contribution is 5.92. The van der Waals surface area contributed by atoms with Gasteiger partial charge in [0, 0.05) is 19.2 Å². The lowest BCUT2D eigenvalue weighted by molar-refractivity contribution is -0.116. The number of methoxy groups -OCH3 is 1. The summed E-state index contributed by atoms with van der Waals surface area (Å²) >= 11 is 0. The van der Waals surface area contributed by atoms with Crippen LogP contribution in [0, 0.1) is 0 Å². The number of hydrogen-bond acceptors (Lipinski definition) is 4. The highest BCUT2D eigenvalue weighted by Crippen LogP contribution is 2.16. The molecule has 0 aliphatic carbocycles. The van der Waals surface area contributed by atoms with Gasteiger partial charge in [0.15, 0.2) is 0 Å².